The minimum atomic E-state index is -0.663. The zero-order chi connectivity index (χ0) is 25.7. The van der Waals surface area contributed by atoms with E-state index in [-0.39, 0.29) is 5.54 Å². The van der Waals surface area contributed by atoms with Crippen molar-refractivity contribution in [3.8, 4) is 0 Å². The second-order valence-corrected chi connectivity index (χ2v) is 12.2. The maximum absolute atomic E-state index is 10.2. The largest absolute Gasteiger partial charge is 0.389 e. The van der Waals surface area contributed by atoms with Crippen LogP contribution in [0.1, 0.15) is 80.6 Å². The molecule has 3 heterocycles. The molecule has 2 bridgehead atoms. The van der Waals surface area contributed by atoms with Gasteiger partial charge in [0.15, 0.2) is 0 Å². The number of rotatable bonds is 8. The van der Waals surface area contributed by atoms with Crippen LogP contribution in [0.15, 0.2) is 6.07 Å². The molecule has 36 heavy (non-hydrogen) atoms. The third-order valence-electron chi connectivity index (χ3n) is 9.00. The van der Waals surface area contributed by atoms with E-state index in [0.717, 1.165) is 54.5 Å². The smallest absolute Gasteiger partial charge is 0.136 e. The third-order valence-corrected chi connectivity index (χ3v) is 9.00. The molecule has 196 valence electrons. The molecule has 0 radical (unpaired) electrons. The molecular weight excluding hydrogens is 450 g/mol. The molecule has 0 unspecified atom stereocenters. The molecule has 2 aromatic heterocycles. The van der Waals surface area contributed by atoms with Crippen LogP contribution in [0, 0.1) is 24.7 Å². The van der Waals surface area contributed by atoms with Crippen LogP contribution in [0.5, 0.6) is 0 Å². The van der Waals surface area contributed by atoms with E-state index in [2.05, 4.69) is 38.2 Å². The highest BCUT2D eigenvalue weighted by Crippen LogP contribution is 2.53. The summed E-state index contributed by atoms with van der Waals surface area (Å²) < 4.78 is 2.35. The van der Waals surface area contributed by atoms with Crippen molar-refractivity contribution in [1.29, 1.82) is 5.41 Å². The van der Waals surface area contributed by atoms with Crippen molar-refractivity contribution in [1.82, 2.24) is 20.1 Å². The van der Waals surface area contributed by atoms with E-state index in [9.17, 15) is 5.11 Å². The topological polar surface area (TPSA) is 102 Å². The van der Waals surface area contributed by atoms with Gasteiger partial charge in [0.05, 0.1) is 22.5 Å². The molecule has 2 aromatic rings. The van der Waals surface area contributed by atoms with Crippen molar-refractivity contribution >= 4 is 17.7 Å². The minimum Gasteiger partial charge on any atom is -0.389 e. The monoisotopic (exact) mass is 493 g/mol. The zero-order valence-corrected chi connectivity index (χ0v) is 22.7. The molecule has 4 aliphatic rings. The lowest BCUT2D eigenvalue weighted by molar-refractivity contribution is -0.00789. The Morgan fingerprint density at radius 2 is 1.86 bits per heavy atom. The Kier molecular flexibility index (Phi) is 6.40. The number of aryl methyl sites for hydroxylation is 2. The summed E-state index contributed by atoms with van der Waals surface area (Å²) in [7, 11) is 1.87. The number of β-amino-alcohol motifs (C(OH)–C–C–N with tert-alkyl or cyclic N) is 1. The highest BCUT2D eigenvalue weighted by molar-refractivity contribution is 5.92. The Balaban J connectivity index is 1.32. The van der Waals surface area contributed by atoms with E-state index < -0.39 is 5.60 Å². The number of nitrogens with one attached hydrogen (secondary N) is 3. The van der Waals surface area contributed by atoms with Crippen LogP contribution in [-0.4, -0.2) is 57.4 Å². The van der Waals surface area contributed by atoms with Crippen LogP contribution >= 0.6 is 0 Å². The summed E-state index contributed by atoms with van der Waals surface area (Å²) in [4.78, 5) is 6.96. The van der Waals surface area contributed by atoms with Gasteiger partial charge in [-0.1, -0.05) is 0 Å². The Morgan fingerprint density at radius 3 is 2.47 bits per heavy atom. The second-order valence-electron chi connectivity index (χ2n) is 12.2. The van der Waals surface area contributed by atoms with Crippen LogP contribution in [0.3, 0.4) is 0 Å². The fourth-order valence-electron chi connectivity index (χ4n) is 6.75. The molecular formula is C28H43N7O. The first-order chi connectivity index (χ1) is 17.1. The summed E-state index contributed by atoms with van der Waals surface area (Å²) >= 11 is 0. The van der Waals surface area contributed by atoms with Gasteiger partial charge in [0.1, 0.15) is 5.82 Å². The third kappa shape index (κ3) is 4.65. The molecule has 8 heteroatoms. The van der Waals surface area contributed by atoms with Gasteiger partial charge in [-0.2, -0.15) is 5.10 Å². The van der Waals surface area contributed by atoms with Crippen LogP contribution in [0.4, 0.5) is 11.5 Å². The number of nitrogens with zero attached hydrogens (tertiary/aromatic N) is 4. The van der Waals surface area contributed by atoms with Crippen molar-refractivity contribution in [2.24, 2.45) is 5.41 Å². The average Bonchev–Trinajstić information content (AvgIpc) is 3.17. The lowest BCUT2D eigenvalue weighted by Crippen LogP contribution is -2.58. The van der Waals surface area contributed by atoms with Gasteiger partial charge >= 0.3 is 0 Å². The molecule has 0 amide bonds. The van der Waals surface area contributed by atoms with Gasteiger partial charge in [-0.25, -0.2) is 4.98 Å². The standard InChI is InChI=1S/C28H43N7O/c1-19-14-24(21(15-29)25(30-5)32-19)34-13-6-23-22(16-34)20(2)33-35(23)18-27-7-10-28(11-8-27,12-9-27)31-17-26(3,4)36/h14-15,29,31,36H,6-13,16-18H2,1-5H3,(H,30,32). The summed E-state index contributed by atoms with van der Waals surface area (Å²) in [5, 5.41) is 30.2. The number of anilines is 2. The first kappa shape index (κ1) is 25.2. The summed E-state index contributed by atoms with van der Waals surface area (Å²) in [5.74, 6) is 0.764. The fraction of sp³-hybridized carbons (Fsp3) is 0.679. The van der Waals surface area contributed by atoms with Gasteiger partial charge in [0.2, 0.25) is 0 Å². The van der Waals surface area contributed by atoms with Crippen molar-refractivity contribution in [3.63, 3.8) is 0 Å². The maximum Gasteiger partial charge on any atom is 0.136 e. The molecule has 0 aromatic carbocycles. The van der Waals surface area contributed by atoms with Gasteiger partial charge in [-0.15, -0.1) is 0 Å². The number of pyridine rings is 1. The van der Waals surface area contributed by atoms with Gasteiger partial charge in [0, 0.05) is 68.4 Å². The number of aliphatic hydroxyl groups is 1. The van der Waals surface area contributed by atoms with Crippen LogP contribution < -0.4 is 15.5 Å². The van der Waals surface area contributed by atoms with Crippen LogP contribution in [0.25, 0.3) is 0 Å². The van der Waals surface area contributed by atoms with Crippen molar-refractivity contribution in [2.75, 3.05) is 30.4 Å². The lowest BCUT2D eigenvalue weighted by Gasteiger charge is -2.54. The van der Waals surface area contributed by atoms with Crippen LogP contribution in [0.2, 0.25) is 0 Å². The van der Waals surface area contributed by atoms with E-state index in [1.165, 1.54) is 56.0 Å². The van der Waals surface area contributed by atoms with Gasteiger partial charge in [-0.05, 0) is 77.7 Å². The second kappa shape index (κ2) is 9.14. The first-order valence-electron chi connectivity index (χ1n) is 13.5. The average molecular weight is 494 g/mol. The quantitative estimate of drug-likeness (QED) is 0.416. The molecule has 3 fully saturated rings. The predicted octanol–water partition coefficient (Wildman–Crippen LogP) is 3.95. The normalized spacial score (nSPS) is 25.7. The molecule has 1 aliphatic heterocycles. The Bertz CT molecular complexity index is 1120. The highest BCUT2D eigenvalue weighted by atomic mass is 16.3. The molecule has 3 saturated carbocycles. The van der Waals surface area contributed by atoms with E-state index in [1.807, 2.05) is 27.8 Å². The van der Waals surface area contributed by atoms with Crippen LogP contribution in [-0.2, 0) is 19.5 Å². The Morgan fingerprint density at radius 1 is 1.17 bits per heavy atom. The zero-order valence-electron chi connectivity index (χ0n) is 22.7. The van der Waals surface area contributed by atoms with E-state index in [0.29, 0.717) is 12.0 Å². The molecule has 6 rings (SSSR count). The van der Waals surface area contributed by atoms with E-state index in [4.69, 9.17) is 10.5 Å². The minimum absolute atomic E-state index is 0.211. The number of hydrogen-bond acceptors (Lipinski definition) is 7. The molecule has 0 spiro atoms. The molecule has 4 N–H and O–H groups in total. The number of fused-ring (bicyclic) bond motifs is 4. The van der Waals surface area contributed by atoms with E-state index >= 15 is 0 Å². The van der Waals surface area contributed by atoms with Crippen molar-refractivity contribution in [3.05, 3.63) is 34.3 Å². The fourth-order valence-corrected chi connectivity index (χ4v) is 6.75. The Labute approximate surface area is 215 Å². The molecule has 8 nitrogen and oxygen atoms in total. The summed E-state index contributed by atoms with van der Waals surface area (Å²) in [5.41, 5.74) is 6.66. The highest BCUT2D eigenvalue weighted by Gasteiger charge is 2.49. The Hall–Kier alpha value is -2.45. The molecule has 0 atom stereocenters. The van der Waals surface area contributed by atoms with Gasteiger partial charge in [0.25, 0.3) is 0 Å². The number of hydrogen-bond donors (Lipinski definition) is 4. The lowest BCUT2D eigenvalue weighted by atomic mass is 9.57. The first-order valence-corrected chi connectivity index (χ1v) is 13.5. The van der Waals surface area contributed by atoms with Crippen molar-refractivity contribution < 1.29 is 5.11 Å². The van der Waals surface area contributed by atoms with Gasteiger partial charge < -0.3 is 26.0 Å². The summed E-state index contributed by atoms with van der Waals surface area (Å²) in [6.45, 7) is 11.4. The van der Waals surface area contributed by atoms with Gasteiger partial charge in [-0.3, -0.25) is 4.68 Å². The SMILES string of the molecule is CNc1nc(C)cc(N2CCc3c(c(C)nn3CC34CCC(NCC(C)(C)O)(CC3)CC4)C2)c1C=N. The van der Waals surface area contributed by atoms with E-state index in [1.54, 1.807) is 0 Å². The summed E-state index contributed by atoms with van der Waals surface area (Å²) in [6.07, 6.45) is 9.67. The summed E-state index contributed by atoms with van der Waals surface area (Å²) in [6, 6.07) is 2.10. The number of aromatic nitrogens is 3. The molecule has 3 aliphatic carbocycles. The predicted molar refractivity (Wildman–Crippen MR) is 145 cm³/mol. The molecule has 0 saturated heterocycles. The maximum atomic E-state index is 10.2. The van der Waals surface area contributed by atoms with Crippen molar-refractivity contribution in [2.45, 2.75) is 96.9 Å².